The van der Waals surface area contributed by atoms with Crippen LogP contribution in [-0.2, 0) is 12.1 Å². The maximum Gasteiger partial charge on any atom is 0.254 e. The normalized spacial score (nSPS) is 12.1. The van der Waals surface area contributed by atoms with Gasteiger partial charge in [-0.3, -0.25) is 4.79 Å². The number of carbonyl (C=O) groups is 1. The van der Waals surface area contributed by atoms with Gasteiger partial charge in [-0.15, -0.1) is 5.10 Å². The summed E-state index contributed by atoms with van der Waals surface area (Å²) in [6.45, 7) is 4.12. The molecule has 0 fully saturated rings. The molecule has 7 rings (SSSR count). The van der Waals surface area contributed by atoms with Crippen LogP contribution in [0.3, 0.4) is 0 Å². The first-order valence-electron chi connectivity index (χ1n) is 18.3. The number of amides is 1. The zero-order valence-corrected chi connectivity index (χ0v) is 30.3. The molecule has 1 amide bonds. The van der Waals surface area contributed by atoms with Crippen LogP contribution in [0.25, 0.3) is 22.2 Å². The summed E-state index contributed by atoms with van der Waals surface area (Å²) in [6, 6.07) is 47.1. The van der Waals surface area contributed by atoms with Gasteiger partial charge in [0.05, 0.1) is 5.52 Å². The van der Waals surface area contributed by atoms with E-state index in [0.29, 0.717) is 35.2 Å². The first-order chi connectivity index (χ1) is 26.3. The van der Waals surface area contributed by atoms with Crippen LogP contribution in [0.15, 0.2) is 152 Å². The Bertz CT molecular complexity index is 2280. The quantitative estimate of drug-likeness (QED) is 0.0953. The summed E-state index contributed by atoms with van der Waals surface area (Å²) in [6.07, 6.45) is 1.21. The summed E-state index contributed by atoms with van der Waals surface area (Å²) < 4.78 is 31.4. The highest BCUT2D eigenvalue weighted by Gasteiger charge is 2.40. The molecule has 0 aliphatic carbocycles. The lowest BCUT2D eigenvalue weighted by molar-refractivity contribution is 0.0726. The molecular weight excluding hydrogens is 677 g/mol. The number of aromatic nitrogens is 3. The standard InChI is InChI=1S/C46H41F2N5O/c1-3-32(42(49)4-2)30-52(45(54)33-20-24-40(47)25-21-33)31-36-28-34(22-26-41(36)48)35-23-27-44-43(29-35)50-51-53(44)46(37-14-8-5-9-15-37,38-16-10-6-11-17-38)39-18-12-7-13-19-39/h5-29,32,49H,3-4,30-31H2,1-2H3. The SMILES string of the molecule is CCC(=N)C(CC)CN(Cc1cc(-c2ccc3c(c2)nnn3C(c2ccccc2)(c2ccccc2)c2ccccc2)ccc1F)C(=O)c1ccc(F)cc1. The lowest BCUT2D eigenvalue weighted by Gasteiger charge is -2.36. The highest BCUT2D eigenvalue weighted by Crippen LogP contribution is 2.42. The van der Waals surface area contributed by atoms with Gasteiger partial charge in [-0.05, 0) is 89.2 Å². The molecule has 6 nitrogen and oxygen atoms in total. The number of rotatable bonds is 13. The van der Waals surface area contributed by atoms with Crippen molar-refractivity contribution in [3.63, 3.8) is 0 Å². The number of carbonyl (C=O) groups excluding carboxylic acids is 1. The lowest BCUT2D eigenvalue weighted by Crippen LogP contribution is -2.38. The molecule has 1 atom stereocenters. The van der Waals surface area contributed by atoms with Crippen LogP contribution in [0.4, 0.5) is 8.78 Å². The molecule has 0 bridgehead atoms. The van der Waals surface area contributed by atoms with Crippen molar-refractivity contribution in [1.29, 1.82) is 5.41 Å². The maximum atomic E-state index is 15.6. The van der Waals surface area contributed by atoms with Gasteiger partial charge in [-0.1, -0.05) is 122 Å². The fourth-order valence-electron chi connectivity index (χ4n) is 7.37. The van der Waals surface area contributed by atoms with Crippen LogP contribution in [0, 0.1) is 23.0 Å². The molecule has 270 valence electrons. The zero-order valence-electron chi connectivity index (χ0n) is 30.3. The van der Waals surface area contributed by atoms with Crippen molar-refractivity contribution in [3.05, 3.63) is 191 Å². The molecule has 0 saturated heterocycles. The summed E-state index contributed by atoms with van der Waals surface area (Å²) in [5.74, 6) is -1.43. The Morgan fingerprint density at radius 1 is 0.741 bits per heavy atom. The lowest BCUT2D eigenvalue weighted by atomic mass is 9.77. The van der Waals surface area contributed by atoms with E-state index < -0.39 is 17.2 Å². The summed E-state index contributed by atoms with van der Waals surface area (Å²) in [5.41, 5.74) is 6.47. The van der Waals surface area contributed by atoms with E-state index in [2.05, 4.69) is 36.4 Å². The van der Waals surface area contributed by atoms with Crippen molar-refractivity contribution in [2.45, 2.75) is 38.8 Å². The summed E-state index contributed by atoms with van der Waals surface area (Å²) in [5, 5.41) is 18.0. The zero-order chi connectivity index (χ0) is 37.7. The molecule has 1 aromatic heterocycles. The molecular formula is C46H41F2N5O. The summed E-state index contributed by atoms with van der Waals surface area (Å²) >= 11 is 0. The minimum atomic E-state index is -0.839. The summed E-state index contributed by atoms with van der Waals surface area (Å²) in [4.78, 5) is 15.4. The van der Waals surface area contributed by atoms with E-state index in [9.17, 15) is 9.18 Å². The van der Waals surface area contributed by atoms with Crippen LogP contribution < -0.4 is 0 Å². The molecule has 54 heavy (non-hydrogen) atoms. The first kappa shape index (κ1) is 36.1. The Morgan fingerprint density at radius 3 is 1.85 bits per heavy atom. The van der Waals surface area contributed by atoms with E-state index in [0.717, 1.165) is 33.3 Å². The smallest absolute Gasteiger partial charge is 0.254 e. The van der Waals surface area contributed by atoms with Crippen molar-refractivity contribution in [2.24, 2.45) is 5.92 Å². The van der Waals surface area contributed by atoms with Gasteiger partial charge in [0.2, 0.25) is 0 Å². The van der Waals surface area contributed by atoms with E-state index >= 15 is 4.39 Å². The highest BCUT2D eigenvalue weighted by molar-refractivity contribution is 5.95. The maximum absolute atomic E-state index is 15.6. The van der Waals surface area contributed by atoms with Gasteiger partial charge in [-0.2, -0.15) is 0 Å². The van der Waals surface area contributed by atoms with E-state index in [4.69, 9.17) is 15.7 Å². The molecule has 0 radical (unpaired) electrons. The van der Waals surface area contributed by atoms with Crippen LogP contribution in [-0.4, -0.2) is 38.1 Å². The molecule has 1 N–H and O–H groups in total. The molecule has 7 aromatic rings. The van der Waals surface area contributed by atoms with E-state index in [1.807, 2.05) is 91.3 Å². The molecule has 1 heterocycles. The predicted octanol–water partition coefficient (Wildman–Crippen LogP) is 10.3. The second-order valence-corrected chi connectivity index (χ2v) is 13.5. The van der Waals surface area contributed by atoms with Gasteiger partial charge in [0.1, 0.15) is 22.7 Å². The molecule has 0 aliphatic rings. The fourth-order valence-corrected chi connectivity index (χ4v) is 7.37. The van der Waals surface area contributed by atoms with Crippen LogP contribution in [0.5, 0.6) is 0 Å². The first-order valence-corrected chi connectivity index (χ1v) is 18.3. The van der Waals surface area contributed by atoms with Gasteiger partial charge in [-0.25, -0.2) is 13.5 Å². The number of hydrogen-bond donors (Lipinski definition) is 1. The van der Waals surface area contributed by atoms with Crippen LogP contribution >= 0.6 is 0 Å². The topological polar surface area (TPSA) is 74.9 Å². The molecule has 0 spiro atoms. The van der Waals surface area contributed by atoms with E-state index in [1.54, 1.807) is 17.0 Å². The van der Waals surface area contributed by atoms with Gasteiger partial charge >= 0.3 is 0 Å². The summed E-state index contributed by atoms with van der Waals surface area (Å²) in [7, 11) is 0. The largest absolute Gasteiger partial charge is 0.334 e. The Kier molecular flexibility index (Phi) is 10.5. The second kappa shape index (κ2) is 15.8. The van der Waals surface area contributed by atoms with Gasteiger partial charge < -0.3 is 10.3 Å². The average molecular weight is 718 g/mol. The predicted molar refractivity (Wildman–Crippen MR) is 210 cm³/mol. The Labute approximate surface area is 314 Å². The third-order valence-corrected chi connectivity index (χ3v) is 10.3. The molecule has 0 aliphatic heterocycles. The Morgan fingerprint density at radius 2 is 1.30 bits per heavy atom. The number of benzene rings is 6. The fraction of sp³-hybridized carbons (Fsp3) is 0.174. The molecule has 0 saturated carbocycles. The molecule has 1 unspecified atom stereocenters. The van der Waals surface area contributed by atoms with E-state index in [1.165, 1.54) is 30.3 Å². The molecule has 6 aromatic carbocycles. The number of nitrogens with one attached hydrogen (secondary N) is 1. The average Bonchev–Trinajstić information content (AvgIpc) is 3.65. The molecule has 8 heteroatoms. The third kappa shape index (κ3) is 6.95. The van der Waals surface area contributed by atoms with Gasteiger partial charge in [0.15, 0.2) is 0 Å². The van der Waals surface area contributed by atoms with Gasteiger partial charge in [0.25, 0.3) is 5.91 Å². The Balaban J connectivity index is 1.29. The van der Waals surface area contributed by atoms with Crippen molar-refractivity contribution >= 4 is 22.7 Å². The van der Waals surface area contributed by atoms with Gasteiger partial charge in [0, 0.05) is 35.8 Å². The van der Waals surface area contributed by atoms with Crippen LogP contribution in [0.2, 0.25) is 0 Å². The third-order valence-electron chi connectivity index (χ3n) is 10.3. The second-order valence-electron chi connectivity index (χ2n) is 13.5. The minimum absolute atomic E-state index is 0.0183. The van der Waals surface area contributed by atoms with Crippen molar-refractivity contribution in [2.75, 3.05) is 6.54 Å². The number of nitrogens with zero attached hydrogens (tertiary/aromatic N) is 4. The number of halogens is 2. The number of fused-ring (bicyclic) bond motifs is 1. The minimum Gasteiger partial charge on any atom is -0.334 e. The van der Waals surface area contributed by atoms with E-state index in [-0.39, 0.29) is 24.9 Å². The van der Waals surface area contributed by atoms with Crippen molar-refractivity contribution in [1.82, 2.24) is 19.9 Å². The van der Waals surface area contributed by atoms with Crippen molar-refractivity contribution < 1.29 is 13.6 Å². The monoisotopic (exact) mass is 717 g/mol. The Hall–Kier alpha value is -6.28. The van der Waals surface area contributed by atoms with Crippen LogP contribution in [0.1, 0.15) is 59.3 Å². The highest BCUT2D eigenvalue weighted by atomic mass is 19.1. The van der Waals surface area contributed by atoms with Crippen molar-refractivity contribution in [3.8, 4) is 11.1 Å². The number of hydrogen-bond acceptors (Lipinski definition) is 4.